The molecule has 1 fully saturated rings. The highest BCUT2D eigenvalue weighted by Crippen LogP contribution is 2.31. The first-order valence-corrected chi connectivity index (χ1v) is 6.21. The van der Waals surface area contributed by atoms with Gasteiger partial charge in [0.1, 0.15) is 0 Å². The van der Waals surface area contributed by atoms with Gasteiger partial charge >= 0.3 is 0 Å². The van der Waals surface area contributed by atoms with Crippen molar-refractivity contribution in [2.45, 2.75) is 64.5 Å². The Kier molecular flexibility index (Phi) is 3.59. The fourth-order valence-electron chi connectivity index (χ4n) is 2.46. The van der Waals surface area contributed by atoms with E-state index in [4.69, 9.17) is 4.52 Å². The summed E-state index contributed by atoms with van der Waals surface area (Å²) in [6, 6.07) is 1.24. The van der Waals surface area contributed by atoms with Gasteiger partial charge in [-0.05, 0) is 32.6 Å². The number of nitrogens with one attached hydrogen (secondary N) is 1. The summed E-state index contributed by atoms with van der Waals surface area (Å²) in [7, 11) is 0. The molecule has 0 unspecified atom stereocenters. The molecular weight excluding hydrogens is 202 g/mol. The smallest absolute Gasteiger partial charge is 0.229 e. The molecule has 1 N–H and O–H groups in total. The first-order chi connectivity index (χ1) is 7.65. The van der Waals surface area contributed by atoms with Crippen LogP contribution in [0, 0.1) is 6.92 Å². The van der Waals surface area contributed by atoms with Gasteiger partial charge in [-0.1, -0.05) is 19.0 Å². The van der Waals surface area contributed by atoms with Crippen molar-refractivity contribution in [1.29, 1.82) is 0 Å². The minimum atomic E-state index is 0.478. The van der Waals surface area contributed by atoms with Gasteiger partial charge in [-0.15, -0.1) is 0 Å². The Hall–Kier alpha value is -0.900. The molecule has 0 aliphatic heterocycles. The van der Waals surface area contributed by atoms with E-state index in [9.17, 15) is 0 Å². The van der Waals surface area contributed by atoms with E-state index >= 15 is 0 Å². The van der Waals surface area contributed by atoms with Gasteiger partial charge in [-0.3, -0.25) is 0 Å². The maximum absolute atomic E-state index is 5.24. The van der Waals surface area contributed by atoms with Crippen molar-refractivity contribution in [3.05, 3.63) is 11.7 Å². The number of hydrogen-bond acceptors (Lipinski definition) is 4. The van der Waals surface area contributed by atoms with Crippen LogP contribution in [-0.4, -0.2) is 22.2 Å². The number of rotatable bonds is 3. The van der Waals surface area contributed by atoms with Gasteiger partial charge in [0.2, 0.25) is 5.89 Å². The van der Waals surface area contributed by atoms with Crippen LogP contribution in [0.4, 0.5) is 0 Å². The minimum Gasteiger partial charge on any atom is -0.339 e. The van der Waals surface area contributed by atoms with E-state index in [1.165, 1.54) is 12.8 Å². The van der Waals surface area contributed by atoms with Crippen LogP contribution in [-0.2, 0) is 0 Å². The van der Waals surface area contributed by atoms with Crippen LogP contribution in [0.2, 0.25) is 0 Å². The van der Waals surface area contributed by atoms with E-state index in [0.29, 0.717) is 18.0 Å². The quantitative estimate of drug-likeness (QED) is 0.855. The summed E-state index contributed by atoms with van der Waals surface area (Å²) in [5.41, 5.74) is 0. The van der Waals surface area contributed by atoms with Crippen molar-refractivity contribution in [2.75, 3.05) is 0 Å². The standard InChI is InChI=1S/C12H21N3O/c1-8(2)13-11-6-4-10(5-7-11)12-14-9(3)15-16-12/h8,10-11,13H,4-7H2,1-3H3. The van der Waals surface area contributed by atoms with E-state index in [-0.39, 0.29) is 0 Å². The zero-order valence-corrected chi connectivity index (χ0v) is 10.4. The lowest BCUT2D eigenvalue weighted by Crippen LogP contribution is -2.37. The van der Waals surface area contributed by atoms with Crippen molar-refractivity contribution in [3.8, 4) is 0 Å². The molecule has 0 atom stereocenters. The second-order valence-electron chi connectivity index (χ2n) is 5.05. The topological polar surface area (TPSA) is 51.0 Å². The van der Waals surface area contributed by atoms with E-state index in [1.54, 1.807) is 0 Å². The van der Waals surface area contributed by atoms with E-state index < -0.39 is 0 Å². The third-order valence-electron chi connectivity index (χ3n) is 3.19. The van der Waals surface area contributed by atoms with E-state index in [0.717, 1.165) is 24.6 Å². The average Bonchev–Trinajstić information content (AvgIpc) is 2.65. The molecular formula is C12H21N3O. The average molecular weight is 223 g/mol. The largest absolute Gasteiger partial charge is 0.339 e. The minimum absolute atomic E-state index is 0.478. The molecule has 1 heterocycles. The van der Waals surface area contributed by atoms with Gasteiger partial charge in [0.25, 0.3) is 0 Å². The lowest BCUT2D eigenvalue weighted by Gasteiger charge is -2.28. The molecule has 1 aliphatic rings. The summed E-state index contributed by atoms with van der Waals surface area (Å²) >= 11 is 0. The summed E-state index contributed by atoms with van der Waals surface area (Å²) in [6.45, 7) is 6.28. The lowest BCUT2D eigenvalue weighted by molar-refractivity contribution is 0.275. The summed E-state index contributed by atoms with van der Waals surface area (Å²) < 4.78 is 5.24. The monoisotopic (exact) mass is 223 g/mol. The predicted octanol–water partition coefficient (Wildman–Crippen LogP) is 2.40. The molecule has 1 aliphatic carbocycles. The number of aryl methyl sites for hydroxylation is 1. The highest BCUT2D eigenvalue weighted by atomic mass is 16.5. The number of nitrogens with zero attached hydrogens (tertiary/aromatic N) is 2. The van der Waals surface area contributed by atoms with Crippen molar-refractivity contribution in [2.24, 2.45) is 0 Å². The Morgan fingerprint density at radius 1 is 1.25 bits per heavy atom. The van der Waals surface area contributed by atoms with Crippen LogP contribution in [0.25, 0.3) is 0 Å². The lowest BCUT2D eigenvalue weighted by atomic mass is 9.85. The molecule has 1 saturated carbocycles. The summed E-state index contributed by atoms with van der Waals surface area (Å²) in [5.74, 6) is 2.06. The SMILES string of the molecule is Cc1noc(C2CCC(NC(C)C)CC2)n1. The van der Waals surface area contributed by atoms with Gasteiger partial charge in [0.15, 0.2) is 5.82 Å². The molecule has 0 aromatic carbocycles. The maximum atomic E-state index is 5.24. The Morgan fingerprint density at radius 3 is 2.44 bits per heavy atom. The molecule has 90 valence electrons. The van der Waals surface area contributed by atoms with Crippen molar-refractivity contribution in [3.63, 3.8) is 0 Å². The molecule has 0 radical (unpaired) electrons. The van der Waals surface area contributed by atoms with Crippen LogP contribution in [0.1, 0.15) is 57.2 Å². The number of aromatic nitrogens is 2. The molecule has 0 bridgehead atoms. The number of hydrogen-bond donors (Lipinski definition) is 1. The van der Waals surface area contributed by atoms with E-state index in [1.807, 2.05) is 6.92 Å². The molecule has 0 amide bonds. The van der Waals surface area contributed by atoms with Crippen molar-refractivity contribution < 1.29 is 4.52 Å². The first-order valence-electron chi connectivity index (χ1n) is 6.21. The third kappa shape index (κ3) is 2.82. The van der Waals surface area contributed by atoms with Crippen LogP contribution < -0.4 is 5.32 Å². The van der Waals surface area contributed by atoms with Crippen LogP contribution >= 0.6 is 0 Å². The molecule has 1 aromatic rings. The second kappa shape index (κ2) is 4.95. The Labute approximate surface area is 96.8 Å². The van der Waals surface area contributed by atoms with Gasteiger partial charge in [-0.25, -0.2) is 0 Å². The van der Waals surface area contributed by atoms with Crippen LogP contribution in [0.3, 0.4) is 0 Å². The van der Waals surface area contributed by atoms with Gasteiger partial charge in [-0.2, -0.15) is 4.98 Å². The molecule has 2 rings (SSSR count). The first kappa shape index (κ1) is 11.6. The predicted molar refractivity (Wildman–Crippen MR) is 62.3 cm³/mol. The van der Waals surface area contributed by atoms with Crippen molar-refractivity contribution >= 4 is 0 Å². The van der Waals surface area contributed by atoms with Crippen LogP contribution in [0.5, 0.6) is 0 Å². The molecule has 0 saturated heterocycles. The van der Waals surface area contributed by atoms with Gasteiger partial charge < -0.3 is 9.84 Å². The van der Waals surface area contributed by atoms with Crippen molar-refractivity contribution in [1.82, 2.24) is 15.5 Å². The highest BCUT2D eigenvalue weighted by Gasteiger charge is 2.26. The second-order valence-corrected chi connectivity index (χ2v) is 5.05. The summed E-state index contributed by atoms with van der Waals surface area (Å²) in [5, 5.41) is 7.45. The van der Waals surface area contributed by atoms with Crippen LogP contribution in [0.15, 0.2) is 4.52 Å². The van der Waals surface area contributed by atoms with Gasteiger partial charge in [0, 0.05) is 18.0 Å². The third-order valence-corrected chi connectivity index (χ3v) is 3.19. The highest BCUT2D eigenvalue weighted by molar-refractivity contribution is 4.96. The van der Waals surface area contributed by atoms with E-state index in [2.05, 4.69) is 29.3 Å². The fraction of sp³-hybridized carbons (Fsp3) is 0.833. The zero-order chi connectivity index (χ0) is 11.5. The molecule has 4 heteroatoms. The Morgan fingerprint density at radius 2 is 1.94 bits per heavy atom. The zero-order valence-electron chi connectivity index (χ0n) is 10.4. The normalized spacial score (nSPS) is 26.2. The van der Waals surface area contributed by atoms with Gasteiger partial charge in [0.05, 0.1) is 0 Å². The maximum Gasteiger partial charge on any atom is 0.229 e. The Bertz CT molecular complexity index is 327. The Balaban J connectivity index is 1.85. The summed E-state index contributed by atoms with van der Waals surface area (Å²) in [6.07, 6.45) is 4.74. The molecule has 16 heavy (non-hydrogen) atoms. The summed E-state index contributed by atoms with van der Waals surface area (Å²) in [4.78, 5) is 4.32. The fourth-order valence-corrected chi connectivity index (χ4v) is 2.46. The molecule has 0 spiro atoms. The molecule has 1 aromatic heterocycles. The molecule has 4 nitrogen and oxygen atoms in total.